The molecule has 8 heteroatoms. The minimum atomic E-state index is -1.41. The zero-order valence-electron chi connectivity index (χ0n) is 15.6. The molecule has 1 heterocycles. The summed E-state index contributed by atoms with van der Waals surface area (Å²) in [5.74, 6) is -1.18. The molecule has 0 saturated carbocycles. The predicted octanol–water partition coefficient (Wildman–Crippen LogP) is -0.790. The molecule has 1 unspecified atom stereocenters. The van der Waals surface area contributed by atoms with E-state index in [4.69, 9.17) is 5.73 Å². The maximum absolute atomic E-state index is 12.4. The third-order valence-electron chi connectivity index (χ3n) is 4.21. The van der Waals surface area contributed by atoms with Crippen LogP contribution in [0.2, 0.25) is 0 Å². The standard InChI is InChI=1S/C17H32N4O4/c1-10(2)9-21(14(22)8-18)13(7-12-5-6-19-16(12)24)15(23)17(25)20-11(3)4/h10-13,15,23H,5-9,18H2,1-4H3,(H,19,24)(H,20,25)/t12-,13-,15?/m0/s1. The quantitative estimate of drug-likeness (QED) is 0.431. The second-order valence-electron chi connectivity index (χ2n) is 7.33. The molecule has 0 aromatic heterocycles. The first-order chi connectivity index (χ1) is 11.7. The van der Waals surface area contributed by atoms with E-state index in [2.05, 4.69) is 10.6 Å². The van der Waals surface area contributed by atoms with Crippen molar-refractivity contribution in [3.63, 3.8) is 0 Å². The van der Waals surface area contributed by atoms with Crippen LogP contribution in [0.5, 0.6) is 0 Å². The van der Waals surface area contributed by atoms with Crippen molar-refractivity contribution >= 4 is 17.7 Å². The summed E-state index contributed by atoms with van der Waals surface area (Å²) in [6.07, 6.45) is -0.554. The lowest BCUT2D eigenvalue weighted by atomic mass is 9.92. The fourth-order valence-corrected chi connectivity index (χ4v) is 3.07. The van der Waals surface area contributed by atoms with Crippen molar-refractivity contribution in [3.8, 4) is 0 Å². The van der Waals surface area contributed by atoms with Gasteiger partial charge in [0.25, 0.3) is 5.91 Å². The lowest BCUT2D eigenvalue weighted by molar-refractivity contribution is -0.143. The molecule has 1 fully saturated rings. The number of nitrogens with two attached hydrogens (primary N) is 1. The molecule has 3 atom stereocenters. The van der Waals surface area contributed by atoms with Crippen LogP contribution in [0.1, 0.15) is 40.5 Å². The third-order valence-corrected chi connectivity index (χ3v) is 4.21. The first-order valence-corrected chi connectivity index (χ1v) is 8.93. The van der Waals surface area contributed by atoms with E-state index < -0.39 is 18.1 Å². The average Bonchev–Trinajstić information content (AvgIpc) is 2.93. The van der Waals surface area contributed by atoms with Crippen molar-refractivity contribution in [2.45, 2.75) is 58.7 Å². The van der Waals surface area contributed by atoms with Gasteiger partial charge < -0.3 is 26.4 Å². The summed E-state index contributed by atoms with van der Waals surface area (Å²) in [7, 11) is 0. The van der Waals surface area contributed by atoms with Crippen LogP contribution < -0.4 is 16.4 Å². The minimum absolute atomic E-state index is 0.105. The molecule has 0 aromatic rings. The predicted molar refractivity (Wildman–Crippen MR) is 94.4 cm³/mol. The first-order valence-electron chi connectivity index (χ1n) is 8.93. The number of nitrogens with zero attached hydrogens (tertiary/aromatic N) is 1. The molecule has 0 aliphatic carbocycles. The molecule has 1 saturated heterocycles. The maximum Gasteiger partial charge on any atom is 0.251 e. The summed E-state index contributed by atoms with van der Waals surface area (Å²) in [6, 6.07) is -0.924. The Kier molecular flexibility index (Phi) is 8.31. The van der Waals surface area contributed by atoms with Crippen LogP contribution in [-0.2, 0) is 14.4 Å². The van der Waals surface area contributed by atoms with Crippen LogP contribution in [0, 0.1) is 11.8 Å². The van der Waals surface area contributed by atoms with Gasteiger partial charge in [0, 0.05) is 25.0 Å². The summed E-state index contributed by atoms with van der Waals surface area (Å²) in [5.41, 5.74) is 5.53. The van der Waals surface area contributed by atoms with E-state index in [9.17, 15) is 19.5 Å². The highest BCUT2D eigenvalue weighted by Gasteiger charge is 2.38. The average molecular weight is 356 g/mol. The van der Waals surface area contributed by atoms with Crippen LogP contribution in [0.15, 0.2) is 0 Å². The smallest absolute Gasteiger partial charge is 0.251 e. The van der Waals surface area contributed by atoms with E-state index in [0.29, 0.717) is 19.5 Å². The molecular weight excluding hydrogens is 324 g/mol. The van der Waals surface area contributed by atoms with Crippen molar-refractivity contribution in [1.82, 2.24) is 15.5 Å². The minimum Gasteiger partial charge on any atom is -0.381 e. The molecule has 8 nitrogen and oxygen atoms in total. The lowest BCUT2D eigenvalue weighted by Gasteiger charge is -2.36. The van der Waals surface area contributed by atoms with Gasteiger partial charge in [0.05, 0.1) is 12.6 Å². The molecule has 1 aliphatic rings. The Bertz CT molecular complexity index is 481. The molecule has 5 N–H and O–H groups in total. The van der Waals surface area contributed by atoms with E-state index in [0.717, 1.165) is 0 Å². The summed E-state index contributed by atoms with van der Waals surface area (Å²) in [6.45, 7) is 8.19. The van der Waals surface area contributed by atoms with Crippen LogP contribution >= 0.6 is 0 Å². The Hall–Kier alpha value is -1.67. The van der Waals surface area contributed by atoms with Crippen LogP contribution in [0.3, 0.4) is 0 Å². The number of aliphatic hydroxyl groups is 1. The van der Waals surface area contributed by atoms with E-state index in [-0.39, 0.29) is 42.7 Å². The normalized spacial score (nSPS) is 19.7. The molecule has 0 bridgehead atoms. The number of nitrogens with one attached hydrogen (secondary N) is 2. The molecule has 1 rings (SSSR count). The van der Waals surface area contributed by atoms with Gasteiger partial charge in [0.1, 0.15) is 0 Å². The van der Waals surface area contributed by atoms with Crippen molar-refractivity contribution in [3.05, 3.63) is 0 Å². The van der Waals surface area contributed by atoms with Gasteiger partial charge in [-0.15, -0.1) is 0 Å². The van der Waals surface area contributed by atoms with Gasteiger partial charge >= 0.3 is 0 Å². The van der Waals surface area contributed by atoms with Crippen LogP contribution in [0.25, 0.3) is 0 Å². The van der Waals surface area contributed by atoms with Gasteiger partial charge in [-0.3, -0.25) is 14.4 Å². The highest BCUT2D eigenvalue weighted by atomic mass is 16.3. The zero-order valence-corrected chi connectivity index (χ0v) is 15.6. The van der Waals surface area contributed by atoms with E-state index in [1.54, 1.807) is 13.8 Å². The van der Waals surface area contributed by atoms with E-state index in [1.807, 2.05) is 13.8 Å². The summed E-state index contributed by atoms with van der Waals surface area (Å²) in [5, 5.41) is 16.0. The second-order valence-corrected chi connectivity index (χ2v) is 7.33. The van der Waals surface area contributed by atoms with Gasteiger partial charge in [-0.05, 0) is 32.6 Å². The van der Waals surface area contributed by atoms with E-state index in [1.165, 1.54) is 4.90 Å². The Balaban J connectivity index is 3.07. The monoisotopic (exact) mass is 356 g/mol. The number of amides is 3. The molecule has 0 aromatic carbocycles. The van der Waals surface area contributed by atoms with Gasteiger partial charge in [-0.1, -0.05) is 13.8 Å². The topological polar surface area (TPSA) is 125 Å². The molecule has 25 heavy (non-hydrogen) atoms. The SMILES string of the molecule is CC(C)CN(C(=O)CN)[C@@H](C[C@@H]1CCNC1=O)C(O)C(=O)NC(C)C. The Morgan fingerprint density at radius 1 is 1.36 bits per heavy atom. The Morgan fingerprint density at radius 2 is 2.00 bits per heavy atom. The second kappa shape index (κ2) is 9.72. The van der Waals surface area contributed by atoms with Crippen LogP contribution in [-0.4, -0.2) is 65.5 Å². The van der Waals surface area contributed by atoms with Crippen molar-refractivity contribution in [2.24, 2.45) is 17.6 Å². The fraction of sp³-hybridized carbons (Fsp3) is 0.824. The van der Waals surface area contributed by atoms with E-state index >= 15 is 0 Å². The van der Waals surface area contributed by atoms with Crippen molar-refractivity contribution < 1.29 is 19.5 Å². The number of hydrogen-bond donors (Lipinski definition) is 4. The van der Waals surface area contributed by atoms with Gasteiger partial charge in [-0.25, -0.2) is 0 Å². The van der Waals surface area contributed by atoms with Crippen molar-refractivity contribution in [2.75, 3.05) is 19.6 Å². The molecule has 1 aliphatic heterocycles. The highest BCUT2D eigenvalue weighted by Crippen LogP contribution is 2.23. The van der Waals surface area contributed by atoms with Crippen LogP contribution in [0.4, 0.5) is 0 Å². The number of carbonyl (C=O) groups is 3. The summed E-state index contributed by atoms with van der Waals surface area (Å²) < 4.78 is 0. The van der Waals surface area contributed by atoms with Gasteiger partial charge in [0.2, 0.25) is 11.8 Å². The largest absolute Gasteiger partial charge is 0.381 e. The number of carbonyl (C=O) groups excluding carboxylic acids is 3. The Labute approximate surface area is 149 Å². The van der Waals surface area contributed by atoms with Gasteiger partial charge in [0.15, 0.2) is 6.10 Å². The van der Waals surface area contributed by atoms with Crippen molar-refractivity contribution in [1.29, 1.82) is 0 Å². The zero-order chi connectivity index (χ0) is 19.1. The molecule has 3 amide bonds. The molecular formula is C17H32N4O4. The Morgan fingerprint density at radius 3 is 2.44 bits per heavy atom. The first kappa shape index (κ1) is 21.4. The number of aliphatic hydroxyl groups excluding tert-OH is 1. The fourth-order valence-electron chi connectivity index (χ4n) is 3.07. The third kappa shape index (κ3) is 6.28. The maximum atomic E-state index is 12.4. The number of hydrogen-bond acceptors (Lipinski definition) is 5. The summed E-state index contributed by atoms with van der Waals surface area (Å²) in [4.78, 5) is 38.1. The molecule has 144 valence electrons. The summed E-state index contributed by atoms with van der Waals surface area (Å²) >= 11 is 0. The molecule has 0 radical (unpaired) electrons. The van der Waals surface area contributed by atoms with Gasteiger partial charge in [-0.2, -0.15) is 0 Å². The number of rotatable bonds is 9. The highest BCUT2D eigenvalue weighted by molar-refractivity contribution is 5.85. The molecule has 0 spiro atoms. The lowest BCUT2D eigenvalue weighted by Crippen LogP contribution is -2.56.